The minimum Gasteiger partial charge on any atom is -0.506 e. The molecular weight excluding hydrogens is 660 g/mol. The first-order valence-corrected chi connectivity index (χ1v) is 17.6. The van der Waals surface area contributed by atoms with Crippen LogP contribution in [0.4, 0.5) is 16.2 Å². The van der Waals surface area contributed by atoms with Crippen molar-refractivity contribution in [2.24, 2.45) is 0 Å². The molecule has 3 amide bonds. The van der Waals surface area contributed by atoms with Gasteiger partial charge in [0.05, 0.1) is 21.1 Å². The summed E-state index contributed by atoms with van der Waals surface area (Å²) in [5.41, 5.74) is 5.80. The monoisotopic (exact) mass is 698 g/mol. The van der Waals surface area contributed by atoms with E-state index in [-0.39, 0.29) is 28.6 Å². The molecule has 1 fully saturated rings. The first kappa shape index (κ1) is 34.2. The molecule has 1 saturated heterocycles. The van der Waals surface area contributed by atoms with Gasteiger partial charge in [-0.25, -0.2) is 4.79 Å². The lowest BCUT2D eigenvalue weighted by atomic mass is 10.0. The summed E-state index contributed by atoms with van der Waals surface area (Å²) in [6.45, 7) is 3.44. The quantitative estimate of drug-likeness (QED) is 0.0816. The van der Waals surface area contributed by atoms with Gasteiger partial charge in [-0.3, -0.25) is 9.59 Å². The van der Waals surface area contributed by atoms with Gasteiger partial charge in [-0.2, -0.15) is 0 Å². The second kappa shape index (κ2) is 16.1. The van der Waals surface area contributed by atoms with Crippen LogP contribution in [0.15, 0.2) is 89.7 Å². The van der Waals surface area contributed by atoms with Crippen LogP contribution >= 0.6 is 22.9 Å². The molecule has 6 N–H and O–H groups in total. The number of piperidine rings is 1. The van der Waals surface area contributed by atoms with Crippen LogP contribution in [0.2, 0.25) is 5.02 Å². The van der Waals surface area contributed by atoms with Gasteiger partial charge in [0.15, 0.2) is 0 Å². The third-order valence-corrected chi connectivity index (χ3v) is 9.97. The van der Waals surface area contributed by atoms with Crippen LogP contribution in [-0.2, 0) is 17.8 Å². The summed E-state index contributed by atoms with van der Waals surface area (Å²) in [5, 5.41) is 23.0. The molecule has 49 heavy (non-hydrogen) atoms. The van der Waals surface area contributed by atoms with Gasteiger partial charge in [-0.1, -0.05) is 83.6 Å². The maximum Gasteiger partial charge on any atom is 0.319 e. The molecule has 1 aromatic heterocycles. The number of nitrogens with zero attached hydrogens (tertiary/aromatic N) is 1. The number of likely N-dealkylation sites (tertiary alicyclic amines) is 1. The zero-order chi connectivity index (χ0) is 34.2. The van der Waals surface area contributed by atoms with E-state index in [1.54, 1.807) is 12.1 Å². The predicted molar refractivity (Wildman–Crippen MR) is 198 cm³/mol. The molecular formula is C37H39ClN6O4S. The number of phenolic OH excluding ortho intramolecular Hbond substituents is 1. The summed E-state index contributed by atoms with van der Waals surface area (Å²) >= 11 is 7.51. The lowest BCUT2D eigenvalue weighted by Crippen LogP contribution is -2.46. The summed E-state index contributed by atoms with van der Waals surface area (Å²) < 4.78 is 0.772. The molecule has 5 aromatic rings. The third-order valence-electron chi connectivity index (χ3n) is 8.68. The number of benzene rings is 4. The fourth-order valence-corrected chi connectivity index (χ4v) is 7.14. The smallest absolute Gasteiger partial charge is 0.319 e. The topological polar surface area (TPSA) is 139 Å². The number of aromatic amines is 1. The summed E-state index contributed by atoms with van der Waals surface area (Å²) in [7, 11) is 0. The number of fused-ring (bicyclic) bond motifs is 1. The van der Waals surface area contributed by atoms with Crippen molar-refractivity contribution < 1.29 is 14.7 Å². The van der Waals surface area contributed by atoms with Crippen LogP contribution in [0.25, 0.3) is 21.3 Å². The van der Waals surface area contributed by atoms with Crippen LogP contribution in [0.3, 0.4) is 0 Å². The van der Waals surface area contributed by atoms with Crippen LogP contribution in [0, 0.1) is 0 Å². The average molecular weight is 699 g/mol. The Balaban J connectivity index is 0.911. The van der Waals surface area contributed by atoms with E-state index in [9.17, 15) is 19.5 Å². The number of nitrogens with one attached hydrogen (secondary N) is 5. The third kappa shape index (κ3) is 9.07. The molecule has 0 unspecified atom stereocenters. The molecule has 12 heteroatoms. The van der Waals surface area contributed by atoms with E-state index < -0.39 is 0 Å². The Bertz CT molecular complexity index is 1970. The lowest BCUT2D eigenvalue weighted by Gasteiger charge is -2.32. The van der Waals surface area contributed by atoms with Crippen molar-refractivity contribution in [2.45, 2.75) is 38.3 Å². The highest BCUT2D eigenvalue weighted by Crippen LogP contribution is 2.29. The molecule has 0 bridgehead atoms. The van der Waals surface area contributed by atoms with Crippen molar-refractivity contribution in [3.05, 3.63) is 111 Å². The number of halogens is 1. The molecule has 254 valence electrons. The van der Waals surface area contributed by atoms with Gasteiger partial charge in [-0.05, 0) is 66.8 Å². The van der Waals surface area contributed by atoms with Crippen molar-refractivity contribution in [3.8, 4) is 16.9 Å². The lowest BCUT2D eigenvalue weighted by molar-refractivity contribution is -0.116. The Morgan fingerprint density at radius 2 is 1.71 bits per heavy atom. The summed E-state index contributed by atoms with van der Waals surface area (Å²) in [6, 6.07) is 26.6. The number of phenols is 1. The first-order valence-electron chi connectivity index (χ1n) is 16.4. The second-order valence-electron chi connectivity index (χ2n) is 12.1. The highest BCUT2D eigenvalue weighted by atomic mass is 35.5. The molecule has 0 saturated carbocycles. The number of rotatable bonds is 12. The molecule has 6 rings (SSSR count). The number of hydrogen-bond acceptors (Lipinski definition) is 7. The molecule has 4 aromatic carbocycles. The molecule has 2 heterocycles. The Labute approximate surface area is 293 Å². The van der Waals surface area contributed by atoms with E-state index in [4.69, 9.17) is 11.6 Å². The van der Waals surface area contributed by atoms with Gasteiger partial charge in [0, 0.05) is 44.2 Å². The number of aromatic hydroxyl groups is 1. The Hall–Kier alpha value is -4.68. The Morgan fingerprint density at radius 3 is 2.53 bits per heavy atom. The maximum atomic E-state index is 12.9. The van der Waals surface area contributed by atoms with Crippen molar-refractivity contribution in [2.75, 3.05) is 36.8 Å². The summed E-state index contributed by atoms with van der Waals surface area (Å²) in [6.07, 6.45) is 2.63. The molecule has 0 radical (unpaired) electrons. The maximum absolute atomic E-state index is 12.9. The number of anilines is 2. The number of urea groups is 1. The summed E-state index contributed by atoms with van der Waals surface area (Å²) in [5.74, 6) is -0.0352. The fraction of sp³-hybridized carbons (Fsp3) is 0.270. The second-order valence-corrected chi connectivity index (χ2v) is 13.5. The van der Waals surface area contributed by atoms with E-state index in [0.29, 0.717) is 48.7 Å². The molecule has 1 aliphatic heterocycles. The van der Waals surface area contributed by atoms with Crippen LogP contribution in [-0.4, -0.2) is 59.1 Å². The number of carbonyl (C=O) groups excluding carboxylic acids is 2. The van der Waals surface area contributed by atoms with Crippen molar-refractivity contribution in [1.82, 2.24) is 20.5 Å². The minimum atomic E-state index is -0.217. The van der Waals surface area contributed by atoms with Crippen molar-refractivity contribution in [3.63, 3.8) is 0 Å². The highest BCUT2D eigenvalue weighted by Gasteiger charge is 2.22. The van der Waals surface area contributed by atoms with Crippen molar-refractivity contribution >= 4 is 56.5 Å². The molecule has 0 spiro atoms. The standard InChI is InChI=1S/C37H39ClN6O4S/c38-29-12-10-24(23-39-18-14-26-11-13-32(45)34-35(26)49-37(48)43-34)22-31(29)41-33(46)17-21-44-19-15-27(16-20-44)40-36(47)42-30-9-5-4-8-28(30)25-6-2-1-3-7-25/h1-13,22,27,39,45H,14-21,23H2,(H,41,46)(H,43,48)(H2,40,42,47). The van der Waals surface area contributed by atoms with Gasteiger partial charge >= 0.3 is 10.9 Å². The SMILES string of the molecule is O=C(CCN1CCC(NC(=O)Nc2ccccc2-c2ccccc2)CC1)Nc1cc(CNCCc2ccc(O)c3[nH]c(=O)sc23)ccc1Cl. The Morgan fingerprint density at radius 1 is 0.939 bits per heavy atom. The van der Waals surface area contributed by atoms with Crippen molar-refractivity contribution in [1.29, 1.82) is 0 Å². The predicted octanol–water partition coefficient (Wildman–Crippen LogP) is 6.56. The van der Waals surface area contributed by atoms with E-state index in [1.807, 2.05) is 72.8 Å². The number of aromatic nitrogens is 1. The minimum absolute atomic E-state index is 0.0612. The number of hydrogen-bond donors (Lipinski definition) is 6. The van der Waals surface area contributed by atoms with Gasteiger partial charge < -0.3 is 36.3 Å². The molecule has 1 aliphatic rings. The van der Waals surface area contributed by atoms with E-state index >= 15 is 0 Å². The zero-order valence-electron chi connectivity index (χ0n) is 26.9. The normalized spacial score (nSPS) is 13.7. The van der Waals surface area contributed by atoms with Crippen LogP contribution < -0.4 is 26.1 Å². The van der Waals surface area contributed by atoms with Gasteiger partial charge in [0.1, 0.15) is 11.3 Å². The number of amides is 3. The van der Waals surface area contributed by atoms with Crippen LogP contribution in [0.5, 0.6) is 5.75 Å². The van der Waals surface area contributed by atoms with E-state index in [1.165, 1.54) is 0 Å². The highest BCUT2D eigenvalue weighted by molar-refractivity contribution is 7.16. The van der Waals surface area contributed by atoms with Gasteiger partial charge in [0.2, 0.25) is 5.91 Å². The number of carbonyl (C=O) groups is 2. The zero-order valence-corrected chi connectivity index (χ0v) is 28.5. The van der Waals surface area contributed by atoms with Gasteiger partial charge in [0.25, 0.3) is 0 Å². The van der Waals surface area contributed by atoms with E-state index in [2.05, 4.69) is 31.2 Å². The van der Waals surface area contributed by atoms with Crippen LogP contribution in [0.1, 0.15) is 30.4 Å². The average Bonchev–Trinajstić information content (AvgIpc) is 3.51. The number of para-hydroxylation sites is 1. The molecule has 0 atom stereocenters. The van der Waals surface area contributed by atoms with Gasteiger partial charge in [-0.15, -0.1) is 0 Å². The van der Waals surface area contributed by atoms with E-state index in [0.717, 1.165) is 69.9 Å². The summed E-state index contributed by atoms with van der Waals surface area (Å²) in [4.78, 5) is 42.2. The number of H-pyrrole nitrogens is 1. The number of thiazole rings is 1. The Kier molecular flexibility index (Phi) is 11.3. The fourth-order valence-electron chi connectivity index (χ4n) is 6.08. The molecule has 0 aliphatic carbocycles. The largest absolute Gasteiger partial charge is 0.506 e. The molecule has 10 nitrogen and oxygen atoms in total. The first-order chi connectivity index (χ1) is 23.8.